The molecule has 1 amide bonds. The van der Waals surface area contributed by atoms with E-state index in [1.165, 1.54) is 12.8 Å². The minimum absolute atomic E-state index is 0.00731. The summed E-state index contributed by atoms with van der Waals surface area (Å²) in [6.07, 6.45) is 10.7. The molecule has 0 radical (unpaired) electrons. The van der Waals surface area contributed by atoms with E-state index in [1.807, 2.05) is 0 Å². The van der Waals surface area contributed by atoms with Gasteiger partial charge in [-0.25, -0.2) is 0 Å². The molecule has 16 heavy (non-hydrogen) atoms. The summed E-state index contributed by atoms with van der Waals surface area (Å²) in [7, 11) is 0. The van der Waals surface area contributed by atoms with Crippen LogP contribution in [0.15, 0.2) is 12.2 Å². The van der Waals surface area contributed by atoms with Crippen LogP contribution in [0.3, 0.4) is 0 Å². The lowest BCUT2D eigenvalue weighted by Gasteiger charge is -2.31. The molecule has 0 aromatic carbocycles. The number of primary amides is 1. The maximum absolute atomic E-state index is 11.5. The number of hydrogen-bond donors (Lipinski definition) is 2. The van der Waals surface area contributed by atoms with Crippen LogP contribution in [0, 0.1) is 17.8 Å². The minimum Gasteiger partial charge on any atom is -0.369 e. The third-order valence-electron chi connectivity index (χ3n) is 4.27. The second-order valence-corrected chi connectivity index (χ2v) is 5.23. The third-order valence-corrected chi connectivity index (χ3v) is 4.27. The molecular formula is C13H22N2O. The molecule has 0 heterocycles. The van der Waals surface area contributed by atoms with Crippen molar-refractivity contribution in [2.75, 3.05) is 0 Å². The highest BCUT2D eigenvalue weighted by molar-refractivity contribution is 5.77. The predicted molar refractivity (Wildman–Crippen MR) is 64.5 cm³/mol. The van der Waals surface area contributed by atoms with Crippen LogP contribution in [-0.4, -0.2) is 11.9 Å². The second-order valence-electron chi connectivity index (χ2n) is 5.23. The van der Waals surface area contributed by atoms with Gasteiger partial charge in [-0.05, 0) is 37.5 Å². The largest absolute Gasteiger partial charge is 0.369 e. The summed E-state index contributed by atoms with van der Waals surface area (Å²) in [6.45, 7) is 0. The van der Waals surface area contributed by atoms with Crippen LogP contribution in [0.4, 0.5) is 0 Å². The van der Waals surface area contributed by atoms with Gasteiger partial charge in [0.1, 0.15) is 0 Å². The summed E-state index contributed by atoms with van der Waals surface area (Å²) >= 11 is 0. The van der Waals surface area contributed by atoms with Crippen LogP contribution >= 0.6 is 0 Å². The van der Waals surface area contributed by atoms with Gasteiger partial charge in [-0.1, -0.05) is 25.0 Å². The number of hydrogen-bond acceptors (Lipinski definition) is 2. The first-order valence-electron chi connectivity index (χ1n) is 6.40. The first-order chi connectivity index (χ1) is 7.70. The van der Waals surface area contributed by atoms with Gasteiger partial charge in [0.15, 0.2) is 0 Å². The van der Waals surface area contributed by atoms with Crippen LogP contribution in [0.2, 0.25) is 0 Å². The summed E-state index contributed by atoms with van der Waals surface area (Å²) in [5, 5.41) is 0. The smallest absolute Gasteiger partial charge is 0.221 e. The number of nitrogens with two attached hydrogens (primary N) is 2. The molecule has 3 heteroatoms. The molecule has 1 saturated carbocycles. The summed E-state index contributed by atoms with van der Waals surface area (Å²) in [6, 6.07) is 0.247. The van der Waals surface area contributed by atoms with Crippen molar-refractivity contribution < 1.29 is 4.79 Å². The molecule has 90 valence electrons. The summed E-state index contributed by atoms with van der Waals surface area (Å²) in [4.78, 5) is 11.5. The zero-order valence-electron chi connectivity index (χ0n) is 9.77. The van der Waals surface area contributed by atoms with Gasteiger partial charge in [-0.3, -0.25) is 4.79 Å². The van der Waals surface area contributed by atoms with Gasteiger partial charge in [-0.15, -0.1) is 0 Å². The minimum atomic E-state index is -0.143. The van der Waals surface area contributed by atoms with Gasteiger partial charge >= 0.3 is 0 Å². The number of allylic oxidation sites excluding steroid dienone is 2. The molecule has 0 aromatic heterocycles. The fourth-order valence-corrected chi connectivity index (χ4v) is 3.35. The Balaban J connectivity index is 2.22. The fraction of sp³-hybridized carbons (Fsp3) is 0.769. The topological polar surface area (TPSA) is 69.1 Å². The Labute approximate surface area is 97.3 Å². The van der Waals surface area contributed by atoms with Gasteiger partial charge in [0.25, 0.3) is 0 Å². The highest BCUT2D eigenvalue weighted by atomic mass is 16.1. The molecule has 4 atom stereocenters. The van der Waals surface area contributed by atoms with Crippen LogP contribution in [0.5, 0.6) is 0 Å². The molecule has 0 aliphatic heterocycles. The van der Waals surface area contributed by atoms with Crippen molar-refractivity contribution in [2.24, 2.45) is 29.2 Å². The number of fused-ring (bicyclic) bond motifs is 1. The number of carbonyl (C=O) groups is 1. The van der Waals surface area contributed by atoms with E-state index in [0.29, 0.717) is 11.8 Å². The third kappa shape index (κ3) is 2.29. The standard InChI is InChI=1S/C13H22N2O/c14-12-8-4-3-5-9-10(12)6-1-2-7-11(9)13(15)16/h1-2,9-12H,3-8,14H2,(H2,15,16). The van der Waals surface area contributed by atoms with Crippen LogP contribution in [-0.2, 0) is 4.79 Å². The van der Waals surface area contributed by atoms with Crippen molar-refractivity contribution in [3.63, 3.8) is 0 Å². The number of amides is 1. The molecule has 4 N–H and O–H groups in total. The molecule has 2 rings (SSSR count). The van der Waals surface area contributed by atoms with Gasteiger partial charge in [0.05, 0.1) is 0 Å². The Hall–Kier alpha value is -0.830. The lowest BCUT2D eigenvalue weighted by molar-refractivity contribution is -0.124. The molecule has 3 nitrogen and oxygen atoms in total. The zero-order chi connectivity index (χ0) is 11.5. The second kappa shape index (κ2) is 5.00. The lowest BCUT2D eigenvalue weighted by Crippen LogP contribution is -2.39. The van der Waals surface area contributed by atoms with Crippen molar-refractivity contribution in [3.05, 3.63) is 12.2 Å². The van der Waals surface area contributed by atoms with E-state index in [9.17, 15) is 4.79 Å². The van der Waals surface area contributed by atoms with E-state index in [2.05, 4.69) is 12.2 Å². The Morgan fingerprint density at radius 2 is 1.75 bits per heavy atom. The predicted octanol–water partition coefficient (Wildman–Crippen LogP) is 1.57. The average molecular weight is 222 g/mol. The molecule has 2 aliphatic rings. The van der Waals surface area contributed by atoms with Crippen LogP contribution in [0.1, 0.15) is 38.5 Å². The Morgan fingerprint density at radius 1 is 1.06 bits per heavy atom. The van der Waals surface area contributed by atoms with Crippen LogP contribution < -0.4 is 11.5 Å². The first kappa shape index (κ1) is 11.6. The van der Waals surface area contributed by atoms with Crippen molar-refractivity contribution in [3.8, 4) is 0 Å². The van der Waals surface area contributed by atoms with E-state index < -0.39 is 0 Å². The highest BCUT2D eigenvalue weighted by Gasteiger charge is 2.37. The van der Waals surface area contributed by atoms with E-state index in [-0.39, 0.29) is 17.9 Å². The average Bonchev–Trinajstić information content (AvgIpc) is 2.54. The van der Waals surface area contributed by atoms with Crippen LogP contribution in [0.25, 0.3) is 0 Å². The van der Waals surface area contributed by atoms with Gasteiger partial charge in [0, 0.05) is 12.0 Å². The Kier molecular flexibility index (Phi) is 3.64. The quantitative estimate of drug-likeness (QED) is 0.661. The molecule has 0 aromatic rings. The SMILES string of the molecule is NC(=O)C1CC=CCC2C(N)CCCCC12. The molecule has 1 fully saturated rings. The van der Waals surface area contributed by atoms with Crippen molar-refractivity contribution in [2.45, 2.75) is 44.6 Å². The molecule has 4 unspecified atom stereocenters. The first-order valence-corrected chi connectivity index (χ1v) is 6.40. The van der Waals surface area contributed by atoms with E-state index in [1.54, 1.807) is 0 Å². The Morgan fingerprint density at radius 3 is 2.50 bits per heavy atom. The van der Waals surface area contributed by atoms with Crippen molar-refractivity contribution >= 4 is 5.91 Å². The number of rotatable bonds is 1. The van der Waals surface area contributed by atoms with Crippen molar-refractivity contribution in [1.29, 1.82) is 0 Å². The Bertz CT molecular complexity index is 288. The molecule has 0 bridgehead atoms. The monoisotopic (exact) mass is 222 g/mol. The van der Waals surface area contributed by atoms with Gasteiger partial charge in [0.2, 0.25) is 5.91 Å². The highest BCUT2D eigenvalue weighted by Crippen LogP contribution is 2.38. The molecule has 2 aliphatic carbocycles. The van der Waals surface area contributed by atoms with E-state index in [4.69, 9.17) is 11.5 Å². The molecular weight excluding hydrogens is 200 g/mol. The van der Waals surface area contributed by atoms with E-state index >= 15 is 0 Å². The maximum Gasteiger partial charge on any atom is 0.221 e. The number of carbonyl (C=O) groups excluding carboxylic acids is 1. The fourth-order valence-electron chi connectivity index (χ4n) is 3.35. The zero-order valence-corrected chi connectivity index (χ0v) is 9.77. The summed E-state index contributed by atoms with van der Waals surface area (Å²) < 4.78 is 0. The maximum atomic E-state index is 11.5. The van der Waals surface area contributed by atoms with Gasteiger partial charge in [-0.2, -0.15) is 0 Å². The van der Waals surface area contributed by atoms with Gasteiger partial charge < -0.3 is 11.5 Å². The molecule has 0 saturated heterocycles. The normalized spacial score (nSPS) is 39.6. The summed E-state index contributed by atoms with van der Waals surface area (Å²) in [5.74, 6) is 0.729. The summed E-state index contributed by atoms with van der Waals surface area (Å²) in [5.41, 5.74) is 11.8. The van der Waals surface area contributed by atoms with E-state index in [0.717, 1.165) is 25.7 Å². The lowest BCUT2D eigenvalue weighted by atomic mass is 9.75. The molecule has 0 spiro atoms. The van der Waals surface area contributed by atoms with Crippen molar-refractivity contribution in [1.82, 2.24) is 0 Å².